The van der Waals surface area contributed by atoms with E-state index in [9.17, 15) is 4.39 Å². The summed E-state index contributed by atoms with van der Waals surface area (Å²) in [5.41, 5.74) is 3.25. The van der Waals surface area contributed by atoms with E-state index < -0.39 is 0 Å². The van der Waals surface area contributed by atoms with Gasteiger partial charge in [0.2, 0.25) is 5.95 Å². The van der Waals surface area contributed by atoms with E-state index in [1.165, 1.54) is 6.07 Å². The van der Waals surface area contributed by atoms with Crippen LogP contribution in [0.2, 0.25) is 0 Å². The van der Waals surface area contributed by atoms with E-state index in [0.29, 0.717) is 5.56 Å². The van der Waals surface area contributed by atoms with Gasteiger partial charge in [0.1, 0.15) is 5.82 Å². The molecule has 2 aromatic carbocycles. The van der Waals surface area contributed by atoms with Gasteiger partial charge in [-0.2, -0.15) is 0 Å². The Hall–Kier alpha value is -2.44. The number of allylic oxidation sites excluding steroid dienone is 1. The lowest BCUT2D eigenvalue weighted by Gasteiger charge is -2.25. The van der Waals surface area contributed by atoms with Crippen LogP contribution in [0, 0.1) is 5.82 Å². The third-order valence-electron chi connectivity index (χ3n) is 4.49. The lowest BCUT2D eigenvalue weighted by molar-refractivity contribution is 0.623. The second-order valence-electron chi connectivity index (χ2n) is 6.07. The Kier molecular flexibility index (Phi) is 3.69. The molecule has 0 radical (unpaired) electrons. The van der Waals surface area contributed by atoms with Crippen LogP contribution in [0.4, 0.5) is 10.3 Å². The molecule has 0 amide bonds. The smallest absolute Gasteiger partial charge is 0.209 e. The van der Waals surface area contributed by atoms with E-state index in [0.717, 1.165) is 31.3 Å². The van der Waals surface area contributed by atoms with Crippen LogP contribution in [0.1, 0.15) is 16.5 Å². The molecule has 26 heavy (non-hydrogen) atoms. The van der Waals surface area contributed by atoms with E-state index >= 15 is 0 Å². The first-order valence-corrected chi connectivity index (χ1v) is 9.77. The van der Waals surface area contributed by atoms with Crippen LogP contribution in [0.3, 0.4) is 0 Å². The molecule has 5 rings (SSSR count). The number of nitrogens with zero attached hydrogens (tertiary/aromatic N) is 2. The topological polar surface area (TPSA) is 29.9 Å². The van der Waals surface area contributed by atoms with Gasteiger partial charge >= 0.3 is 0 Å². The molecule has 1 aliphatic rings. The zero-order valence-electron chi connectivity index (χ0n) is 13.5. The van der Waals surface area contributed by atoms with Crippen LogP contribution in [-0.4, -0.2) is 9.55 Å². The lowest BCUT2D eigenvalue weighted by Crippen LogP contribution is -2.18. The molecule has 1 atom stereocenters. The SMILES string of the molecule is Fc1ccccc1C1=C[C@@H](c2ccc(Br)s2)n2c(nc3ccccc32)N1. The summed E-state index contributed by atoms with van der Waals surface area (Å²) >= 11 is 5.22. The number of rotatable bonds is 2. The monoisotopic (exact) mass is 425 g/mol. The van der Waals surface area contributed by atoms with Crippen molar-refractivity contribution in [3.8, 4) is 0 Å². The van der Waals surface area contributed by atoms with Gasteiger partial charge in [0.25, 0.3) is 0 Å². The Morgan fingerprint density at radius 2 is 1.85 bits per heavy atom. The third-order valence-corrected chi connectivity index (χ3v) is 6.19. The number of hydrogen-bond acceptors (Lipinski definition) is 3. The van der Waals surface area contributed by atoms with Crippen molar-refractivity contribution < 1.29 is 4.39 Å². The van der Waals surface area contributed by atoms with E-state index in [-0.39, 0.29) is 11.9 Å². The van der Waals surface area contributed by atoms with Gasteiger partial charge < -0.3 is 5.32 Å². The molecular formula is C20H13BrFN3S. The number of para-hydroxylation sites is 2. The number of benzene rings is 2. The summed E-state index contributed by atoms with van der Waals surface area (Å²) in [6, 6.07) is 18.9. The standard InChI is InChI=1S/C20H13BrFN3S/c21-19-10-9-18(26-19)17-11-15(12-5-1-2-6-13(12)22)24-20-23-14-7-3-4-8-16(14)25(17)20/h1-11,17H,(H,23,24)/t17-/m0/s1. The molecule has 0 bridgehead atoms. The van der Waals surface area contributed by atoms with E-state index in [1.807, 2.05) is 30.3 Å². The van der Waals surface area contributed by atoms with Crippen LogP contribution in [0.5, 0.6) is 0 Å². The Balaban J connectivity index is 1.74. The first-order valence-electron chi connectivity index (χ1n) is 8.16. The van der Waals surface area contributed by atoms with Gasteiger partial charge in [0.05, 0.1) is 20.9 Å². The first kappa shape index (κ1) is 15.8. The summed E-state index contributed by atoms with van der Waals surface area (Å²) in [6.45, 7) is 0. The molecule has 3 heterocycles. The molecule has 0 saturated heterocycles. The maximum Gasteiger partial charge on any atom is 0.209 e. The largest absolute Gasteiger partial charge is 0.325 e. The molecule has 2 aromatic heterocycles. The minimum atomic E-state index is -0.248. The number of aromatic nitrogens is 2. The molecule has 0 unspecified atom stereocenters. The van der Waals surface area contributed by atoms with Crippen LogP contribution in [-0.2, 0) is 0 Å². The number of anilines is 1. The zero-order chi connectivity index (χ0) is 17.7. The van der Waals surface area contributed by atoms with Gasteiger partial charge in [-0.25, -0.2) is 9.37 Å². The molecular weight excluding hydrogens is 413 g/mol. The van der Waals surface area contributed by atoms with Crippen LogP contribution >= 0.6 is 27.3 Å². The minimum Gasteiger partial charge on any atom is -0.325 e. The van der Waals surface area contributed by atoms with Crippen molar-refractivity contribution in [3.63, 3.8) is 0 Å². The number of thiophene rings is 1. The van der Waals surface area contributed by atoms with Crippen LogP contribution < -0.4 is 5.32 Å². The molecule has 0 saturated carbocycles. The molecule has 0 aliphatic carbocycles. The van der Waals surface area contributed by atoms with Gasteiger partial charge in [0, 0.05) is 16.1 Å². The number of halogens is 2. The van der Waals surface area contributed by atoms with Gasteiger partial charge in [0.15, 0.2) is 0 Å². The summed E-state index contributed by atoms with van der Waals surface area (Å²) in [7, 11) is 0. The molecule has 0 fully saturated rings. The highest BCUT2D eigenvalue weighted by Crippen LogP contribution is 2.40. The predicted octanol–water partition coefficient (Wildman–Crippen LogP) is 6.06. The zero-order valence-corrected chi connectivity index (χ0v) is 15.9. The van der Waals surface area contributed by atoms with E-state index in [1.54, 1.807) is 23.5 Å². The quantitative estimate of drug-likeness (QED) is 0.423. The highest BCUT2D eigenvalue weighted by molar-refractivity contribution is 9.11. The van der Waals surface area contributed by atoms with Gasteiger partial charge in [-0.1, -0.05) is 24.3 Å². The van der Waals surface area contributed by atoms with Crippen molar-refractivity contribution in [2.45, 2.75) is 6.04 Å². The van der Waals surface area contributed by atoms with Gasteiger partial charge in [-0.05, 0) is 58.4 Å². The van der Waals surface area contributed by atoms with Crippen molar-refractivity contribution in [2.75, 3.05) is 5.32 Å². The second kappa shape index (κ2) is 6.07. The fraction of sp³-hybridized carbons (Fsp3) is 0.0500. The Labute approximate surface area is 161 Å². The van der Waals surface area contributed by atoms with Crippen molar-refractivity contribution in [1.29, 1.82) is 0 Å². The maximum atomic E-state index is 14.4. The van der Waals surface area contributed by atoms with Gasteiger partial charge in [-0.15, -0.1) is 11.3 Å². The second-order valence-corrected chi connectivity index (χ2v) is 8.56. The van der Waals surface area contributed by atoms with E-state index in [2.05, 4.69) is 44.0 Å². The molecule has 1 aliphatic heterocycles. The van der Waals surface area contributed by atoms with Crippen LogP contribution in [0.25, 0.3) is 16.7 Å². The third kappa shape index (κ3) is 2.48. The normalized spacial score (nSPS) is 16.2. The summed E-state index contributed by atoms with van der Waals surface area (Å²) in [5.74, 6) is 0.475. The molecule has 1 N–H and O–H groups in total. The average Bonchev–Trinajstić information content (AvgIpc) is 3.24. The number of fused-ring (bicyclic) bond motifs is 3. The Morgan fingerprint density at radius 3 is 2.65 bits per heavy atom. The minimum absolute atomic E-state index is 0.0513. The Bertz CT molecular complexity index is 1160. The molecule has 6 heteroatoms. The maximum absolute atomic E-state index is 14.4. The summed E-state index contributed by atoms with van der Waals surface area (Å²) in [5, 5.41) is 3.32. The number of imidazole rings is 1. The van der Waals surface area contributed by atoms with Crippen molar-refractivity contribution in [3.05, 3.63) is 86.8 Å². The average molecular weight is 426 g/mol. The molecule has 128 valence electrons. The molecule has 4 aromatic rings. The van der Waals surface area contributed by atoms with Crippen molar-refractivity contribution in [2.24, 2.45) is 0 Å². The predicted molar refractivity (Wildman–Crippen MR) is 108 cm³/mol. The first-order chi connectivity index (χ1) is 12.7. The summed E-state index contributed by atoms with van der Waals surface area (Å²) < 4.78 is 17.6. The molecule has 3 nitrogen and oxygen atoms in total. The highest BCUT2D eigenvalue weighted by Gasteiger charge is 2.27. The van der Waals surface area contributed by atoms with E-state index in [4.69, 9.17) is 4.98 Å². The van der Waals surface area contributed by atoms with Crippen molar-refractivity contribution in [1.82, 2.24) is 9.55 Å². The van der Waals surface area contributed by atoms with Crippen molar-refractivity contribution >= 4 is 49.9 Å². The Morgan fingerprint density at radius 1 is 1.04 bits per heavy atom. The number of hydrogen-bond donors (Lipinski definition) is 1. The lowest BCUT2D eigenvalue weighted by atomic mass is 10.1. The van der Waals surface area contributed by atoms with Crippen LogP contribution in [0.15, 0.2) is 70.5 Å². The van der Waals surface area contributed by atoms with Gasteiger partial charge in [-0.3, -0.25) is 4.57 Å². The molecule has 0 spiro atoms. The fourth-order valence-corrected chi connectivity index (χ4v) is 4.83. The summed E-state index contributed by atoms with van der Waals surface area (Å²) in [6.07, 6.45) is 2.07. The highest BCUT2D eigenvalue weighted by atomic mass is 79.9. The summed E-state index contributed by atoms with van der Waals surface area (Å²) in [4.78, 5) is 5.89. The fourth-order valence-electron chi connectivity index (χ4n) is 3.34. The number of nitrogens with one attached hydrogen (secondary N) is 1.